The number of carbonyl (C=O) groups excluding carboxylic acids is 1. The van der Waals surface area contributed by atoms with Gasteiger partial charge in [0, 0.05) is 6.42 Å². The molecule has 1 aliphatic carbocycles. The van der Waals surface area contributed by atoms with Crippen LogP contribution in [0.15, 0.2) is 0 Å². The van der Waals surface area contributed by atoms with Gasteiger partial charge in [0.2, 0.25) is 0 Å². The van der Waals surface area contributed by atoms with Crippen LogP contribution in [0.5, 0.6) is 0 Å². The summed E-state index contributed by atoms with van der Waals surface area (Å²) < 4.78 is 25.5. The summed E-state index contributed by atoms with van der Waals surface area (Å²) >= 11 is 0.960. The van der Waals surface area contributed by atoms with Gasteiger partial charge in [-0.2, -0.15) is 0 Å². The molecule has 1 heterocycles. The van der Waals surface area contributed by atoms with Crippen molar-refractivity contribution in [1.82, 2.24) is 4.31 Å². The number of carbonyl (C=O) groups is 1. The number of amides is 1. The first-order chi connectivity index (χ1) is 7.79. The van der Waals surface area contributed by atoms with Gasteiger partial charge in [0.25, 0.3) is 0 Å². The van der Waals surface area contributed by atoms with Gasteiger partial charge in [-0.3, -0.25) is 4.18 Å². The second-order valence-electron chi connectivity index (χ2n) is 5.67. The first-order valence-corrected chi connectivity index (χ1v) is 6.50. The Morgan fingerprint density at radius 2 is 2.24 bits per heavy atom. The molecular formula is C11H18FNO3S. The fraction of sp³-hybridized carbons (Fsp3) is 0.909. The molecule has 1 saturated heterocycles. The lowest BCUT2D eigenvalue weighted by atomic mass is 10.1. The van der Waals surface area contributed by atoms with E-state index in [1.165, 1.54) is 4.31 Å². The molecule has 2 aliphatic rings. The van der Waals surface area contributed by atoms with E-state index in [1.807, 2.05) is 0 Å². The number of ether oxygens (including phenoxy) is 1. The fourth-order valence-corrected chi connectivity index (χ4v) is 2.37. The molecule has 0 aromatic rings. The highest BCUT2D eigenvalue weighted by Crippen LogP contribution is 2.46. The molecule has 1 atom stereocenters. The van der Waals surface area contributed by atoms with Crippen molar-refractivity contribution in [2.75, 3.05) is 6.61 Å². The molecular weight excluding hydrogens is 245 g/mol. The van der Waals surface area contributed by atoms with E-state index in [0.717, 1.165) is 12.2 Å². The third kappa shape index (κ3) is 3.48. The third-order valence-electron chi connectivity index (χ3n) is 2.69. The van der Waals surface area contributed by atoms with Crippen molar-refractivity contribution in [3.63, 3.8) is 0 Å². The standard InChI is InChI=1S/C11H18FNO3S/c1-10(2,3)16-9(14)13-8(7-15-17-13)6-11(12)4-5-11/h8H,4-7H2,1-3H3. The predicted octanol–water partition coefficient (Wildman–Crippen LogP) is 3.08. The maximum atomic E-state index is 13.7. The Kier molecular flexibility index (Phi) is 3.29. The highest BCUT2D eigenvalue weighted by Gasteiger charge is 2.48. The van der Waals surface area contributed by atoms with Gasteiger partial charge in [-0.15, -0.1) is 0 Å². The van der Waals surface area contributed by atoms with Gasteiger partial charge in [-0.05, 0) is 33.6 Å². The minimum Gasteiger partial charge on any atom is -0.443 e. The highest BCUT2D eigenvalue weighted by molar-refractivity contribution is 7.93. The molecule has 17 heavy (non-hydrogen) atoms. The number of alkyl halides is 1. The topological polar surface area (TPSA) is 38.8 Å². The Hall–Kier alpha value is -0.490. The first-order valence-electron chi connectivity index (χ1n) is 5.80. The van der Waals surface area contributed by atoms with E-state index >= 15 is 0 Å². The van der Waals surface area contributed by atoms with Crippen LogP contribution < -0.4 is 0 Å². The summed E-state index contributed by atoms with van der Waals surface area (Å²) in [6, 6.07) is -0.220. The van der Waals surface area contributed by atoms with Crippen molar-refractivity contribution in [3.8, 4) is 0 Å². The van der Waals surface area contributed by atoms with Crippen LogP contribution in [0, 0.1) is 0 Å². The van der Waals surface area contributed by atoms with E-state index in [9.17, 15) is 9.18 Å². The van der Waals surface area contributed by atoms with Crippen LogP contribution >= 0.6 is 12.2 Å². The Bertz CT molecular complexity index is 314. The van der Waals surface area contributed by atoms with Gasteiger partial charge in [0.15, 0.2) is 0 Å². The van der Waals surface area contributed by atoms with Crippen molar-refractivity contribution in [1.29, 1.82) is 0 Å². The molecule has 0 radical (unpaired) electrons. The largest absolute Gasteiger partial charge is 0.443 e. The lowest BCUT2D eigenvalue weighted by Crippen LogP contribution is -2.38. The van der Waals surface area contributed by atoms with Crippen LogP contribution in [0.1, 0.15) is 40.0 Å². The minimum atomic E-state index is -1.08. The second-order valence-corrected chi connectivity index (χ2v) is 6.45. The van der Waals surface area contributed by atoms with Crippen LogP contribution in [0.25, 0.3) is 0 Å². The number of nitrogens with zero attached hydrogens (tertiary/aromatic N) is 1. The SMILES string of the molecule is CC(C)(C)OC(=O)N1SOCC1CC1(F)CC1. The quantitative estimate of drug-likeness (QED) is 0.567. The van der Waals surface area contributed by atoms with E-state index in [1.54, 1.807) is 20.8 Å². The molecule has 98 valence electrons. The van der Waals surface area contributed by atoms with Crippen LogP contribution in [0.2, 0.25) is 0 Å². The van der Waals surface area contributed by atoms with E-state index in [-0.39, 0.29) is 6.04 Å². The maximum Gasteiger partial charge on any atom is 0.422 e. The molecule has 4 nitrogen and oxygen atoms in total. The summed E-state index contributed by atoms with van der Waals surface area (Å²) in [6.07, 6.45) is 1.08. The molecule has 1 aliphatic heterocycles. The highest BCUT2D eigenvalue weighted by atomic mass is 32.2. The Balaban J connectivity index is 1.92. The minimum absolute atomic E-state index is 0.220. The smallest absolute Gasteiger partial charge is 0.422 e. The van der Waals surface area contributed by atoms with E-state index < -0.39 is 17.4 Å². The molecule has 2 fully saturated rings. The molecule has 6 heteroatoms. The fourth-order valence-electron chi connectivity index (χ4n) is 1.68. The summed E-state index contributed by atoms with van der Waals surface area (Å²) in [5, 5.41) is 0. The summed E-state index contributed by atoms with van der Waals surface area (Å²) in [5.74, 6) is 0. The average molecular weight is 263 g/mol. The summed E-state index contributed by atoms with van der Waals surface area (Å²) in [7, 11) is 0. The molecule has 1 amide bonds. The summed E-state index contributed by atoms with van der Waals surface area (Å²) in [4.78, 5) is 11.9. The van der Waals surface area contributed by atoms with Gasteiger partial charge in [-0.25, -0.2) is 13.5 Å². The lowest BCUT2D eigenvalue weighted by Gasteiger charge is -2.26. The Labute approximate surface area is 105 Å². The average Bonchev–Trinajstić information content (AvgIpc) is 2.73. The Morgan fingerprint density at radius 3 is 2.76 bits per heavy atom. The van der Waals surface area contributed by atoms with E-state index in [0.29, 0.717) is 25.9 Å². The van der Waals surface area contributed by atoms with E-state index in [4.69, 9.17) is 8.92 Å². The maximum absolute atomic E-state index is 13.7. The van der Waals surface area contributed by atoms with Crippen LogP contribution in [0.3, 0.4) is 0 Å². The lowest BCUT2D eigenvalue weighted by molar-refractivity contribution is 0.0347. The zero-order chi connectivity index (χ0) is 12.7. The van der Waals surface area contributed by atoms with Crippen LogP contribution in [-0.4, -0.2) is 34.3 Å². The molecule has 0 N–H and O–H groups in total. The number of rotatable bonds is 2. The van der Waals surface area contributed by atoms with Crippen molar-refractivity contribution in [2.24, 2.45) is 0 Å². The van der Waals surface area contributed by atoms with E-state index in [2.05, 4.69) is 0 Å². The molecule has 0 bridgehead atoms. The predicted molar refractivity (Wildman–Crippen MR) is 63.1 cm³/mol. The first kappa shape index (κ1) is 13.0. The molecule has 0 aromatic heterocycles. The van der Waals surface area contributed by atoms with Crippen LogP contribution in [0.4, 0.5) is 9.18 Å². The van der Waals surface area contributed by atoms with Gasteiger partial charge >= 0.3 is 6.09 Å². The van der Waals surface area contributed by atoms with Gasteiger partial charge in [0.05, 0.1) is 12.6 Å². The third-order valence-corrected chi connectivity index (χ3v) is 3.54. The summed E-state index contributed by atoms with van der Waals surface area (Å²) in [5.41, 5.74) is -1.63. The van der Waals surface area contributed by atoms with Gasteiger partial charge in [0.1, 0.15) is 23.5 Å². The monoisotopic (exact) mass is 263 g/mol. The zero-order valence-electron chi connectivity index (χ0n) is 10.4. The van der Waals surface area contributed by atoms with Gasteiger partial charge < -0.3 is 4.74 Å². The number of hydrogen-bond donors (Lipinski definition) is 0. The molecule has 2 rings (SSSR count). The number of hydrogen-bond acceptors (Lipinski definition) is 4. The second kappa shape index (κ2) is 4.31. The summed E-state index contributed by atoms with van der Waals surface area (Å²) in [6.45, 7) is 5.78. The Morgan fingerprint density at radius 1 is 1.59 bits per heavy atom. The molecule has 0 spiro atoms. The van der Waals surface area contributed by atoms with Crippen molar-refractivity contribution >= 4 is 18.3 Å². The van der Waals surface area contributed by atoms with Crippen molar-refractivity contribution < 1.29 is 18.1 Å². The zero-order valence-corrected chi connectivity index (χ0v) is 11.2. The normalized spacial score (nSPS) is 27.1. The molecule has 1 saturated carbocycles. The molecule has 0 aromatic carbocycles. The number of halogens is 1. The van der Waals surface area contributed by atoms with Crippen LogP contribution in [-0.2, 0) is 8.92 Å². The van der Waals surface area contributed by atoms with Crippen molar-refractivity contribution in [3.05, 3.63) is 0 Å². The molecule has 1 unspecified atom stereocenters. The van der Waals surface area contributed by atoms with Crippen molar-refractivity contribution in [2.45, 2.75) is 57.3 Å². The van der Waals surface area contributed by atoms with Gasteiger partial charge in [-0.1, -0.05) is 0 Å².